The topological polar surface area (TPSA) is 38.3 Å². The molecule has 24 heavy (non-hydrogen) atoms. The largest absolute Gasteiger partial charge is 0.492 e. The van der Waals surface area contributed by atoms with E-state index in [-0.39, 0.29) is 11.2 Å². The number of nitrogens with one attached hydrogen (secondary N) is 1. The molecule has 0 saturated heterocycles. The Hall–Kier alpha value is -1.94. The first kappa shape index (κ1) is 18.4. The Kier molecular flexibility index (Phi) is 6.73. The van der Waals surface area contributed by atoms with E-state index in [1.165, 1.54) is 16.7 Å². The number of hydrogen-bond donors (Lipinski definition) is 1. The number of ether oxygens (including phenoxy) is 1. The molecule has 0 aliphatic rings. The van der Waals surface area contributed by atoms with Crippen LogP contribution in [0.3, 0.4) is 0 Å². The zero-order valence-corrected chi connectivity index (χ0v) is 15.6. The molecule has 128 valence electrons. The van der Waals surface area contributed by atoms with Crippen molar-refractivity contribution >= 4 is 17.7 Å². The minimum Gasteiger partial charge on any atom is -0.492 e. The van der Waals surface area contributed by atoms with E-state index >= 15 is 0 Å². The van der Waals surface area contributed by atoms with Crippen molar-refractivity contribution in [1.29, 1.82) is 0 Å². The Morgan fingerprint density at radius 1 is 1.08 bits per heavy atom. The molecule has 0 unspecified atom stereocenters. The number of rotatable bonds is 7. The van der Waals surface area contributed by atoms with Gasteiger partial charge >= 0.3 is 0 Å². The highest BCUT2D eigenvalue weighted by Crippen LogP contribution is 2.23. The summed E-state index contributed by atoms with van der Waals surface area (Å²) in [6.07, 6.45) is 0. The van der Waals surface area contributed by atoms with Crippen molar-refractivity contribution in [1.82, 2.24) is 5.32 Å². The van der Waals surface area contributed by atoms with Gasteiger partial charge < -0.3 is 10.1 Å². The van der Waals surface area contributed by atoms with Crippen LogP contribution in [0.2, 0.25) is 0 Å². The van der Waals surface area contributed by atoms with Crippen molar-refractivity contribution in [2.45, 2.75) is 37.8 Å². The summed E-state index contributed by atoms with van der Waals surface area (Å²) >= 11 is 1.57. The lowest BCUT2D eigenvalue weighted by atomic mass is 10.1. The maximum atomic E-state index is 12.1. The summed E-state index contributed by atoms with van der Waals surface area (Å²) in [5, 5.41) is 2.80. The van der Waals surface area contributed by atoms with Gasteiger partial charge in [-0.05, 0) is 63.1 Å². The second kappa shape index (κ2) is 8.78. The van der Waals surface area contributed by atoms with Crippen LogP contribution in [-0.4, -0.2) is 24.3 Å². The number of hydrogen-bond acceptors (Lipinski definition) is 3. The molecule has 1 atom stereocenters. The molecular weight excluding hydrogens is 318 g/mol. The van der Waals surface area contributed by atoms with Gasteiger partial charge in [0.25, 0.3) is 0 Å². The number of amides is 1. The molecule has 1 amide bonds. The standard InChI is InChI=1S/C20H25NO2S/c1-14-5-9-19(10-6-14)24-17(4)20(22)21-11-12-23-18-8-7-15(2)16(3)13-18/h5-10,13,17H,11-12H2,1-4H3,(H,21,22)/t17-/m0/s1. The zero-order valence-electron chi connectivity index (χ0n) is 14.8. The van der Waals surface area contributed by atoms with Crippen LogP contribution in [0, 0.1) is 20.8 Å². The molecule has 4 heteroatoms. The van der Waals surface area contributed by atoms with Crippen LogP contribution in [0.4, 0.5) is 0 Å². The Bertz CT molecular complexity index is 683. The molecule has 0 saturated carbocycles. The van der Waals surface area contributed by atoms with E-state index < -0.39 is 0 Å². The maximum Gasteiger partial charge on any atom is 0.233 e. The van der Waals surface area contributed by atoms with Crippen molar-refractivity contribution in [3.05, 3.63) is 59.2 Å². The average molecular weight is 343 g/mol. The van der Waals surface area contributed by atoms with Crippen molar-refractivity contribution in [3.63, 3.8) is 0 Å². The summed E-state index contributed by atoms with van der Waals surface area (Å²) in [5.74, 6) is 0.874. The number of aryl methyl sites for hydroxylation is 3. The van der Waals surface area contributed by atoms with Crippen LogP contribution in [0.15, 0.2) is 47.4 Å². The van der Waals surface area contributed by atoms with Crippen LogP contribution >= 0.6 is 11.8 Å². The fourth-order valence-corrected chi connectivity index (χ4v) is 3.06. The summed E-state index contributed by atoms with van der Waals surface area (Å²) in [6, 6.07) is 14.2. The fraction of sp³-hybridized carbons (Fsp3) is 0.350. The molecule has 2 rings (SSSR count). The predicted molar refractivity (Wildman–Crippen MR) is 101 cm³/mol. The molecule has 0 bridgehead atoms. The molecule has 3 nitrogen and oxygen atoms in total. The van der Waals surface area contributed by atoms with Gasteiger partial charge in [0.1, 0.15) is 12.4 Å². The van der Waals surface area contributed by atoms with E-state index in [1.54, 1.807) is 11.8 Å². The lowest BCUT2D eigenvalue weighted by Crippen LogP contribution is -2.33. The molecule has 2 aromatic rings. The van der Waals surface area contributed by atoms with Gasteiger partial charge in [-0.2, -0.15) is 0 Å². The third-order valence-corrected chi connectivity index (χ3v) is 4.96. The van der Waals surface area contributed by atoms with E-state index in [2.05, 4.69) is 38.2 Å². The van der Waals surface area contributed by atoms with Crippen LogP contribution in [-0.2, 0) is 4.79 Å². The highest BCUT2D eigenvalue weighted by molar-refractivity contribution is 8.00. The Morgan fingerprint density at radius 3 is 2.46 bits per heavy atom. The molecule has 0 heterocycles. The van der Waals surface area contributed by atoms with Gasteiger partial charge in [-0.3, -0.25) is 4.79 Å². The molecule has 0 aliphatic carbocycles. The first-order valence-electron chi connectivity index (χ1n) is 8.17. The van der Waals surface area contributed by atoms with Gasteiger partial charge in [-0.15, -0.1) is 11.8 Å². The van der Waals surface area contributed by atoms with E-state index in [0.717, 1.165) is 10.6 Å². The fourth-order valence-electron chi connectivity index (χ4n) is 2.17. The van der Waals surface area contributed by atoms with E-state index in [4.69, 9.17) is 4.74 Å². The van der Waals surface area contributed by atoms with Crippen molar-refractivity contribution in [2.75, 3.05) is 13.2 Å². The van der Waals surface area contributed by atoms with Crippen LogP contribution < -0.4 is 10.1 Å². The lowest BCUT2D eigenvalue weighted by molar-refractivity contribution is -0.120. The zero-order chi connectivity index (χ0) is 17.5. The van der Waals surface area contributed by atoms with Gasteiger partial charge in [-0.1, -0.05) is 23.8 Å². The minimum absolute atomic E-state index is 0.0317. The second-order valence-electron chi connectivity index (χ2n) is 5.96. The smallest absolute Gasteiger partial charge is 0.233 e. The first-order chi connectivity index (χ1) is 11.5. The number of thioether (sulfide) groups is 1. The van der Waals surface area contributed by atoms with Crippen molar-refractivity contribution in [3.8, 4) is 5.75 Å². The van der Waals surface area contributed by atoms with Gasteiger partial charge in [0.15, 0.2) is 0 Å². The van der Waals surface area contributed by atoms with Gasteiger partial charge in [0, 0.05) is 4.90 Å². The second-order valence-corrected chi connectivity index (χ2v) is 7.37. The third-order valence-electron chi connectivity index (χ3n) is 3.85. The van der Waals surface area contributed by atoms with Crippen molar-refractivity contribution in [2.24, 2.45) is 0 Å². The molecule has 0 radical (unpaired) electrons. The van der Waals surface area contributed by atoms with Crippen LogP contribution in [0.25, 0.3) is 0 Å². The third kappa shape index (κ3) is 5.60. The average Bonchev–Trinajstić information content (AvgIpc) is 2.56. The summed E-state index contributed by atoms with van der Waals surface area (Å²) in [4.78, 5) is 13.2. The van der Waals surface area contributed by atoms with E-state index in [9.17, 15) is 4.79 Å². The maximum absolute atomic E-state index is 12.1. The summed E-state index contributed by atoms with van der Waals surface area (Å²) in [7, 11) is 0. The highest BCUT2D eigenvalue weighted by Gasteiger charge is 2.13. The highest BCUT2D eigenvalue weighted by atomic mass is 32.2. The first-order valence-corrected chi connectivity index (χ1v) is 9.05. The summed E-state index contributed by atoms with van der Waals surface area (Å²) in [6.45, 7) is 9.09. The molecule has 1 N–H and O–H groups in total. The van der Waals surface area contributed by atoms with Gasteiger partial charge in [0.05, 0.1) is 11.8 Å². The molecule has 0 spiro atoms. The SMILES string of the molecule is Cc1ccc(S[C@@H](C)C(=O)NCCOc2ccc(C)c(C)c2)cc1. The van der Waals surface area contributed by atoms with Crippen molar-refractivity contribution < 1.29 is 9.53 Å². The molecule has 0 aliphatic heterocycles. The Morgan fingerprint density at radius 2 is 1.79 bits per heavy atom. The molecule has 0 aromatic heterocycles. The van der Waals surface area contributed by atoms with Crippen LogP contribution in [0.5, 0.6) is 5.75 Å². The normalized spacial score (nSPS) is 11.8. The molecular formula is C20H25NO2S. The lowest BCUT2D eigenvalue weighted by Gasteiger charge is -2.13. The summed E-state index contributed by atoms with van der Waals surface area (Å²) < 4.78 is 5.68. The van der Waals surface area contributed by atoms with E-state index in [0.29, 0.717) is 13.2 Å². The predicted octanol–water partition coefficient (Wildman–Crippen LogP) is 4.29. The number of benzene rings is 2. The Balaban J connectivity index is 1.72. The Labute approximate surface area is 148 Å². The van der Waals surface area contributed by atoms with E-state index in [1.807, 2.05) is 37.3 Å². The quantitative estimate of drug-likeness (QED) is 0.602. The van der Waals surface area contributed by atoms with Gasteiger partial charge in [0.2, 0.25) is 5.91 Å². The minimum atomic E-state index is -0.130. The summed E-state index contributed by atoms with van der Waals surface area (Å²) in [5.41, 5.74) is 3.68. The molecule has 2 aromatic carbocycles. The molecule has 0 fully saturated rings. The monoisotopic (exact) mass is 343 g/mol. The van der Waals surface area contributed by atoms with Crippen LogP contribution in [0.1, 0.15) is 23.6 Å². The number of carbonyl (C=O) groups excluding carboxylic acids is 1. The number of carbonyl (C=O) groups is 1. The van der Waals surface area contributed by atoms with Gasteiger partial charge in [-0.25, -0.2) is 0 Å².